The van der Waals surface area contributed by atoms with Crippen molar-refractivity contribution in [2.45, 2.75) is 13.0 Å². The summed E-state index contributed by atoms with van der Waals surface area (Å²) in [7, 11) is 0. The maximum absolute atomic E-state index is 13.3. The number of benzene rings is 2. The van der Waals surface area contributed by atoms with Gasteiger partial charge in [-0.15, -0.1) is 0 Å². The molecular weight excluding hydrogens is 328 g/mol. The zero-order chi connectivity index (χ0) is 18.0. The molecule has 7 heteroatoms. The molecule has 0 saturated carbocycles. The van der Waals surface area contributed by atoms with Crippen molar-refractivity contribution in [3.05, 3.63) is 65.2 Å². The minimum Gasteiger partial charge on any atom is -0.346 e. The first-order valence-corrected chi connectivity index (χ1v) is 7.87. The van der Waals surface area contributed by atoms with Crippen molar-refractivity contribution in [1.82, 2.24) is 10.6 Å². The van der Waals surface area contributed by atoms with E-state index in [2.05, 4.69) is 10.6 Å². The number of hydrogen-bond donors (Lipinski definition) is 2. The van der Waals surface area contributed by atoms with Gasteiger partial charge in [0.25, 0.3) is 5.91 Å². The fraction of sp³-hybridized carbons (Fsp3) is 0.222. The molecule has 2 aromatic carbocycles. The van der Waals surface area contributed by atoms with E-state index in [4.69, 9.17) is 0 Å². The molecule has 1 aliphatic heterocycles. The molecule has 2 N–H and O–H groups in total. The van der Waals surface area contributed by atoms with Gasteiger partial charge in [0.15, 0.2) is 11.6 Å². The highest BCUT2D eigenvalue weighted by atomic mass is 19.2. The molecule has 0 aliphatic carbocycles. The van der Waals surface area contributed by atoms with Crippen LogP contribution in [0, 0.1) is 11.6 Å². The Labute approximate surface area is 143 Å². The Hall–Kier alpha value is -2.96. The summed E-state index contributed by atoms with van der Waals surface area (Å²) in [5, 5.41) is 5.44. The SMILES string of the molecule is CC(NC(=O)c1ccc(N2CCNC2=O)cc1)c1ccc(F)c(F)c1. The number of nitrogens with zero attached hydrogens (tertiary/aromatic N) is 1. The molecule has 1 saturated heterocycles. The van der Waals surface area contributed by atoms with E-state index < -0.39 is 17.7 Å². The van der Waals surface area contributed by atoms with Crippen LogP contribution in [-0.2, 0) is 0 Å². The van der Waals surface area contributed by atoms with Crippen LogP contribution in [0.1, 0.15) is 28.9 Å². The van der Waals surface area contributed by atoms with E-state index in [1.165, 1.54) is 6.07 Å². The molecule has 0 aromatic heterocycles. The molecule has 1 fully saturated rings. The third kappa shape index (κ3) is 3.60. The van der Waals surface area contributed by atoms with Crippen molar-refractivity contribution >= 4 is 17.6 Å². The van der Waals surface area contributed by atoms with Crippen LogP contribution in [0.4, 0.5) is 19.3 Å². The van der Waals surface area contributed by atoms with E-state index in [9.17, 15) is 18.4 Å². The molecule has 2 aromatic rings. The van der Waals surface area contributed by atoms with E-state index >= 15 is 0 Å². The first-order chi connectivity index (χ1) is 12.0. The summed E-state index contributed by atoms with van der Waals surface area (Å²) in [5.74, 6) is -2.22. The number of amides is 3. The molecule has 5 nitrogen and oxygen atoms in total. The van der Waals surface area contributed by atoms with Crippen LogP contribution in [0.15, 0.2) is 42.5 Å². The van der Waals surface area contributed by atoms with E-state index in [1.807, 2.05) is 0 Å². The lowest BCUT2D eigenvalue weighted by molar-refractivity contribution is 0.0940. The predicted molar refractivity (Wildman–Crippen MR) is 89.4 cm³/mol. The monoisotopic (exact) mass is 345 g/mol. The zero-order valence-electron chi connectivity index (χ0n) is 13.6. The van der Waals surface area contributed by atoms with Gasteiger partial charge in [-0.3, -0.25) is 9.69 Å². The molecule has 1 unspecified atom stereocenters. The number of carbonyl (C=O) groups excluding carboxylic acids is 2. The average molecular weight is 345 g/mol. The number of rotatable bonds is 4. The third-order valence-corrected chi connectivity index (χ3v) is 4.09. The summed E-state index contributed by atoms with van der Waals surface area (Å²) in [6.07, 6.45) is 0. The topological polar surface area (TPSA) is 61.4 Å². The highest BCUT2D eigenvalue weighted by Gasteiger charge is 2.21. The number of urea groups is 1. The predicted octanol–water partition coefficient (Wildman–Crippen LogP) is 2.99. The molecule has 0 spiro atoms. The van der Waals surface area contributed by atoms with Crippen LogP contribution < -0.4 is 15.5 Å². The smallest absolute Gasteiger partial charge is 0.321 e. The lowest BCUT2D eigenvalue weighted by Crippen LogP contribution is -2.28. The Morgan fingerprint density at radius 1 is 1.16 bits per heavy atom. The van der Waals surface area contributed by atoms with Crippen molar-refractivity contribution in [3.8, 4) is 0 Å². The Kier molecular flexibility index (Phi) is 4.65. The Morgan fingerprint density at radius 2 is 1.88 bits per heavy atom. The van der Waals surface area contributed by atoms with Crippen LogP contribution in [0.25, 0.3) is 0 Å². The molecule has 3 rings (SSSR count). The summed E-state index contributed by atoms with van der Waals surface area (Å²) < 4.78 is 26.3. The molecule has 1 aliphatic rings. The minimum absolute atomic E-state index is 0.163. The molecular formula is C18H17F2N3O2. The average Bonchev–Trinajstić information content (AvgIpc) is 3.03. The summed E-state index contributed by atoms with van der Waals surface area (Å²) in [6.45, 7) is 2.86. The van der Waals surface area contributed by atoms with Gasteiger partial charge in [-0.05, 0) is 48.9 Å². The van der Waals surface area contributed by atoms with Gasteiger partial charge in [-0.2, -0.15) is 0 Å². The van der Waals surface area contributed by atoms with Gasteiger partial charge >= 0.3 is 6.03 Å². The van der Waals surface area contributed by atoms with Crippen molar-refractivity contribution in [2.24, 2.45) is 0 Å². The molecule has 130 valence electrons. The van der Waals surface area contributed by atoms with Gasteiger partial charge in [0.05, 0.1) is 6.04 Å². The summed E-state index contributed by atoms with van der Waals surface area (Å²) in [5.41, 5.74) is 1.59. The number of carbonyl (C=O) groups is 2. The van der Waals surface area contributed by atoms with Crippen LogP contribution >= 0.6 is 0 Å². The third-order valence-electron chi connectivity index (χ3n) is 4.09. The first-order valence-electron chi connectivity index (χ1n) is 7.87. The van der Waals surface area contributed by atoms with Crippen LogP contribution in [-0.4, -0.2) is 25.0 Å². The molecule has 1 atom stereocenters. The highest BCUT2D eigenvalue weighted by Crippen LogP contribution is 2.19. The van der Waals surface area contributed by atoms with Gasteiger partial charge in [-0.1, -0.05) is 6.07 Å². The van der Waals surface area contributed by atoms with Gasteiger partial charge in [0.1, 0.15) is 0 Å². The summed E-state index contributed by atoms with van der Waals surface area (Å²) in [4.78, 5) is 25.5. The van der Waals surface area contributed by atoms with Gasteiger partial charge in [0, 0.05) is 24.3 Å². The summed E-state index contributed by atoms with van der Waals surface area (Å²) in [6, 6.07) is 9.51. The number of halogens is 2. The molecule has 1 heterocycles. The van der Waals surface area contributed by atoms with Crippen molar-refractivity contribution < 1.29 is 18.4 Å². The van der Waals surface area contributed by atoms with Crippen LogP contribution in [0.3, 0.4) is 0 Å². The van der Waals surface area contributed by atoms with Gasteiger partial charge in [-0.25, -0.2) is 13.6 Å². The van der Waals surface area contributed by atoms with Gasteiger partial charge < -0.3 is 10.6 Å². The van der Waals surface area contributed by atoms with Gasteiger partial charge in [0.2, 0.25) is 0 Å². The standard InChI is InChI=1S/C18H17F2N3O2/c1-11(13-4-7-15(19)16(20)10-13)22-17(24)12-2-5-14(6-3-12)23-9-8-21-18(23)25/h2-7,10-11H,8-9H2,1H3,(H,21,25)(H,22,24). The van der Waals surface area contributed by atoms with E-state index in [-0.39, 0.29) is 11.9 Å². The van der Waals surface area contributed by atoms with Crippen molar-refractivity contribution in [1.29, 1.82) is 0 Å². The lowest BCUT2D eigenvalue weighted by Gasteiger charge is -2.16. The quantitative estimate of drug-likeness (QED) is 0.895. The van der Waals surface area contributed by atoms with Crippen LogP contribution in [0.5, 0.6) is 0 Å². The maximum atomic E-state index is 13.3. The Bertz CT molecular complexity index is 808. The minimum atomic E-state index is -0.952. The fourth-order valence-electron chi connectivity index (χ4n) is 2.66. The molecule has 3 amide bonds. The lowest BCUT2D eigenvalue weighted by atomic mass is 10.1. The number of anilines is 1. The second-order valence-electron chi connectivity index (χ2n) is 5.80. The highest BCUT2D eigenvalue weighted by molar-refractivity contribution is 5.97. The first kappa shape index (κ1) is 16.9. The van der Waals surface area contributed by atoms with Crippen molar-refractivity contribution in [2.75, 3.05) is 18.0 Å². The van der Waals surface area contributed by atoms with E-state index in [0.717, 1.165) is 12.1 Å². The summed E-state index contributed by atoms with van der Waals surface area (Å²) >= 11 is 0. The Balaban J connectivity index is 1.68. The van der Waals surface area contributed by atoms with E-state index in [1.54, 1.807) is 36.1 Å². The zero-order valence-corrected chi connectivity index (χ0v) is 13.6. The fourth-order valence-corrected chi connectivity index (χ4v) is 2.66. The second-order valence-corrected chi connectivity index (χ2v) is 5.80. The maximum Gasteiger partial charge on any atom is 0.321 e. The number of nitrogens with one attached hydrogen (secondary N) is 2. The normalized spacial score (nSPS) is 15.0. The molecule has 25 heavy (non-hydrogen) atoms. The number of hydrogen-bond acceptors (Lipinski definition) is 2. The van der Waals surface area contributed by atoms with E-state index in [0.29, 0.717) is 29.9 Å². The molecule has 0 bridgehead atoms. The molecule has 0 radical (unpaired) electrons. The second kappa shape index (κ2) is 6.88. The van der Waals surface area contributed by atoms with Crippen LogP contribution in [0.2, 0.25) is 0 Å². The van der Waals surface area contributed by atoms with Crippen molar-refractivity contribution in [3.63, 3.8) is 0 Å². The largest absolute Gasteiger partial charge is 0.346 e. The Morgan fingerprint density at radius 3 is 2.48 bits per heavy atom.